The van der Waals surface area contributed by atoms with Gasteiger partial charge in [0.15, 0.2) is 0 Å². The Labute approximate surface area is 136 Å². The summed E-state index contributed by atoms with van der Waals surface area (Å²) < 4.78 is 8.10. The van der Waals surface area contributed by atoms with Crippen LogP contribution in [-0.2, 0) is 13.2 Å². The van der Waals surface area contributed by atoms with Crippen LogP contribution in [0.4, 0.5) is 0 Å². The van der Waals surface area contributed by atoms with E-state index >= 15 is 0 Å². The second kappa shape index (κ2) is 7.16. The predicted octanol–water partition coefficient (Wildman–Crippen LogP) is 3.95. The second-order valence-corrected chi connectivity index (χ2v) is 6.17. The molecule has 0 aliphatic heterocycles. The van der Waals surface area contributed by atoms with E-state index in [1.165, 1.54) is 25.7 Å². The lowest BCUT2D eigenvalue weighted by molar-refractivity contribution is 0.259. The minimum atomic E-state index is 0.465. The Kier molecular flexibility index (Phi) is 5.01. The maximum absolute atomic E-state index is 6.20. The Morgan fingerprint density at radius 3 is 2.82 bits per heavy atom. The van der Waals surface area contributed by atoms with Crippen LogP contribution in [0.1, 0.15) is 43.0 Å². The van der Waals surface area contributed by atoms with E-state index in [4.69, 9.17) is 21.4 Å². The zero-order valence-electron chi connectivity index (χ0n) is 12.9. The predicted molar refractivity (Wildman–Crippen MR) is 88.3 cm³/mol. The smallest absolute Gasteiger partial charge is 0.212 e. The highest BCUT2D eigenvalue weighted by atomic mass is 35.5. The average Bonchev–Trinajstić information content (AvgIpc) is 3.16. The number of aromatic nitrogens is 2. The molecule has 0 radical (unpaired) electrons. The molecule has 1 aliphatic carbocycles. The molecule has 0 atom stereocenters. The van der Waals surface area contributed by atoms with E-state index < -0.39 is 0 Å². The zero-order valence-corrected chi connectivity index (χ0v) is 13.6. The molecule has 0 spiro atoms. The molecular formula is C17H22ClN3O. The van der Waals surface area contributed by atoms with Crippen molar-refractivity contribution < 1.29 is 4.74 Å². The first-order valence-electron chi connectivity index (χ1n) is 7.87. The fourth-order valence-electron chi connectivity index (χ4n) is 2.98. The van der Waals surface area contributed by atoms with Crippen molar-refractivity contribution in [2.75, 3.05) is 7.05 Å². The number of nitrogens with zero attached hydrogens (tertiary/aromatic N) is 2. The molecular weight excluding hydrogens is 298 g/mol. The summed E-state index contributed by atoms with van der Waals surface area (Å²) in [6, 6.07) is 10.3. The summed E-state index contributed by atoms with van der Waals surface area (Å²) in [5, 5.41) is 8.60. The molecule has 1 N–H and O–H groups in total. The molecule has 0 saturated heterocycles. The van der Waals surface area contributed by atoms with Gasteiger partial charge in [0, 0.05) is 23.2 Å². The average molecular weight is 320 g/mol. The minimum Gasteiger partial charge on any atom is -0.473 e. The molecule has 0 amide bonds. The third kappa shape index (κ3) is 3.45. The van der Waals surface area contributed by atoms with Gasteiger partial charge in [-0.2, -0.15) is 5.10 Å². The fourth-order valence-corrected chi connectivity index (χ4v) is 3.17. The Hall–Kier alpha value is -1.52. The maximum atomic E-state index is 6.20. The van der Waals surface area contributed by atoms with Crippen molar-refractivity contribution in [3.63, 3.8) is 0 Å². The Morgan fingerprint density at radius 1 is 1.32 bits per heavy atom. The molecule has 1 aromatic carbocycles. The zero-order chi connectivity index (χ0) is 15.4. The van der Waals surface area contributed by atoms with Crippen molar-refractivity contribution in [3.8, 4) is 5.88 Å². The highest BCUT2D eigenvalue weighted by Crippen LogP contribution is 2.33. The van der Waals surface area contributed by atoms with Crippen LogP contribution in [0.15, 0.2) is 30.3 Å². The van der Waals surface area contributed by atoms with Gasteiger partial charge in [0.1, 0.15) is 6.61 Å². The van der Waals surface area contributed by atoms with E-state index in [1.807, 2.05) is 37.4 Å². The van der Waals surface area contributed by atoms with E-state index in [1.54, 1.807) is 0 Å². The lowest BCUT2D eigenvalue weighted by Crippen LogP contribution is -2.11. The standard InChI is InChI=1S/C17H22ClN3O/c1-19-11-14-10-17(21(20-14)15-7-3-4-8-15)22-12-13-6-2-5-9-16(13)18/h2,5-6,9-10,15,19H,3-4,7-8,11-12H2,1H3. The number of nitrogens with one attached hydrogen (secondary N) is 1. The summed E-state index contributed by atoms with van der Waals surface area (Å²) in [5.41, 5.74) is 2.02. The van der Waals surface area contributed by atoms with Crippen molar-refractivity contribution in [3.05, 3.63) is 46.6 Å². The normalized spacial score (nSPS) is 15.4. The SMILES string of the molecule is CNCc1cc(OCc2ccccc2Cl)n(C2CCCC2)n1. The third-order valence-corrected chi connectivity index (χ3v) is 4.48. The van der Waals surface area contributed by atoms with Crippen LogP contribution in [0.25, 0.3) is 0 Å². The molecule has 0 bridgehead atoms. The topological polar surface area (TPSA) is 39.1 Å². The highest BCUT2D eigenvalue weighted by Gasteiger charge is 2.22. The Balaban J connectivity index is 1.77. The fraction of sp³-hybridized carbons (Fsp3) is 0.471. The van der Waals surface area contributed by atoms with Crippen LogP contribution in [0.2, 0.25) is 5.02 Å². The first-order valence-corrected chi connectivity index (χ1v) is 8.25. The minimum absolute atomic E-state index is 0.465. The van der Waals surface area contributed by atoms with Crippen LogP contribution >= 0.6 is 11.6 Å². The molecule has 1 aromatic heterocycles. The maximum Gasteiger partial charge on any atom is 0.212 e. The summed E-state index contributed by atoms with van der Waals surface area (Å²) >= 11 is 6.20. The Bertz CT molecular complexity index is 620. The largest absolute Gasteiger partial charge is 0.473 e. The summed E-state index contributed by atoms with van der Waals surface area (Å²) in [6.45, 7) is 1.22. The van der Waals surface area contributed by atoms with Crippen LogP contribution in [-0.4, -0.2) is 16.8 Å². The molecule has 4 nitrogen and oxygen atoms in total. The molecule has 5 heteroatoms. The summed E-state index contributed by atoms with van der Waals surface area (Å²) in [4.78, 5) is 0. The van der Waals surface area contributed by atoms with Gasteiger partial charge in [0.25, 0.3) is 0 Å². The van der Waals surface area contributed by atoms with Crippen molar-refractivity contribution in [2.45, 2.75) is 44.9 Å². The van der Waals surface area contributed by atoms with E-state index in [0.29, 0.717) is 12.6 Å². The number of hydrogen-bond donors (Lipinski definition) is 1. The van der Waals surface area contributed by atoms with Gasteiger partial charge in [-0.05, 0) is 26.0 Å². The third-order valence-electron chi connectivity index (χ3n) is 4.11. The second-order valence-electron chi connectivity index (χ2n) is 5.77. The molecule has 118 valence electrons. The van der Waals surface area contributed by atoms with Gasteiger partial charge in [0.05, 0.1) is 11.7 Å². The monoisotopic (exact) mass is 319 g/mol. The first kappa shape index (κ1) is 15.4. The summed E-state index contributed by atoms with van der Waals surface area (Å²) in [7, 11) is 1.93. The lowest BCUT2D eigenvalue weighted by atomic mass is 10.2. The van der Waals surface area contributed by atoms with Crippen LogP contribution < -0.4 is 10.1 Å². The van der Waals surface area contributed by atoms with Gasteiger partial charge >= 0.3 is 0 Å². The molecule has 2 aromatic rings. The van der Waals surface area contributed by atoms with Crippen molar-refractivity contribution in [2.24, 2.45) is 0 Å². The molecule has 1 saturated carbocycles. The first-order chi connectivity index (χ1) is 10.8. The van der Waals surface area contributed by atoms with Crippen LogP contribution in [0, 0.1) is 0 Å². The molecule has 22 heavy (non-hydrogen) atoms. The van der Waals surface area contributed by atoms with Crippen molar-refractivity contribution >= 4 is 11.6 Å². The van der Waals surface area contributed by atoms with Gasteiger partial charge in [-0.1, -0.05) is 42.6 Å². The Morgan fingerprint density at radius 2 is 2.09 bits per heavy atom. The van der Waals surface area contributed by atoms with Gasteiger partial charge in [-0.25, -0.2) is 4.68 Å². The number of ether oxygens (including phenoxy) is 1. The lowest BCUT2D eigenvalue weighted by Gasteiger charge is -2.15. The summed E-state index contributed by atoms with van der Waals surface area (Å²) in [6.07, 6.45) is 4.91. The van der Waals surface area contributed by atoms with E-state index in [-0.39, 0.29) is 0 Å². The van der Waals surface area contributed by atoms with Gasteiger partial charge in [-0.15, -0.1) is 0 Å². The molecule has 1 fully saturated rings. The molecule has 1 aliphatic rings. The number of rotatable bonds is 6. The van der Waals surface area contributed by atoms with Crippen molar-refractivity contribution in [1.82, 2.24) is 15.1 Å². The summed E-state index contributed by atoms with van der Waals surface area (Å²) in [5.74, 6) is 0.845. The van der Waals surface area contributed by atoms with Gasteiger partial charge < -0.3 is 10.1 Å². The molecule has 3 rings (SSSR count). The highest BCUT2D eigenvalue weighted by molar-refractivity contribution is 6.31. The van der Waals surface area contributed by atoms with E-state index in [9.17, 15) is 0 Å². The quantitative estimate of drug-likeness (QED) is 0.876. The number of hydrogen-bond acceptors (Lipinski definition) is 3. The van der Waals surface area contributed by atoms with E-state index in [0.717, 1.165) is 28.7 Å². The van der Waals surface area contributed by atoms with E-state index in [2.05, 4.69) is 10.00 Å². The van der Waals surface area contributed by atoms with Crippen LogP contribution in [0.5, 0.6) is 5.88 Å². The van der Waals surface area contributed by atoms with Crippen molar-refractivity contribution in [1.29, 1.82) is 0 Å². The van der Waals surface area contributed by atoms with Gasteiger partial charge in [0.2, 0.25) is 5.88 Å². The number of halogens is 1. The van der Waals surface area contributed by atoms with Crippen LogP contribution in [0.3, 0.4) is 0 Å². The van der Waals surface area contributed by atoms with Gasteiger partial charge in [-0.3, -0.25) is 0 Å². The molecule has 1 heterocycles. The molecule has 0 unspecified atom stereocenters. The number of benzene rings is 1.